The second-order valence-corrected chi connectivity index (χ2v) is 19.5. The molecule has 1 aliphatic carbocycles. The van der Waals surface area contributed by atoms with E-state index in [9.17, 15) is 23.8 Å². The van der Waals surface area contributed by atoms with Crippen molar-refractivity contribution in [3.05, 3.63) is 98.5 Å². The molecule has 2 N–H and O–H groups in total. The number of nitrogens with zero attached hydrogens (tertiary/aromatic N) is 2. The molecule has 3 atom stereocenters. The van der Waals surface area contributed by atoms with Crippen LogP contribution in [-0.2, 0) is 46.4 Å². The number of carbonyl (C=O) groups excluding carboxylic acids is 1. The van der Waals surface area contributed by atoms with Gasteiger partial charge in [-0.15, -0.1) is 0 Å². The summed E-state index contributed by atoms with van der Waals surface area (Å²) in [7, 11) is -1.71. The van der Waals surface area contributed by atoms with E-state index in [2.05, 4.69) is 31.3 Å². The number of aromatic nitrogens is 2. The first-order valence-electron chi connectivity index (χ1n) is 15.4. The van der Waals surface area contributed by atoms with E-state index in [0.29, 0.717) is 41.6 Å². The third-order valence-corrected chi connectivity index (χ3v) is 13.9. The van der Waals surface area contributed by atoms with Crippen LogP contribution in [0, 0.1) is 0 Å². The van der Waals surface area contributed by atoms with Crippen LogP contribution in [0.5, 0.6) is 0 Å². The third kappa shape index (κ3) is 5.64. The predicted octanol–water partition coefficient (Wildman–Crippen LogP) is 3.42. The molecule has 0 amide bonds. The van der Waals surface area contributed by atoms with Gasteiger partial charge in [-0.3, -0.25) is 4.21 Å². The first-order chi connectivity index (χ1) is 21.0. The number of benzene rings is 2. The minimum atomic E-state index is -2.12. The molecule has 0 radical (unpaired) electrons. The van der Waals surface area contributed by atoms with Gasteiger partial charge in [0.05, 0.1) is 12.2 Å². The van der Waals surface area contributed by atoms with E-state index >= 15 is 0 Å². The fraction of sp³-hybridized carbons (Fsp3) is 0.412. The smallest absolute Gasteiger partial charge is 0.342 e. The maximum absolute atomic E-state index is 12.5. The minimum Gasteiger partial charge on any atom is -0.772 e. The highest BCUT2D eigenvalue weighted by Crippen LogP contribution is 2.36. The van der Waals surface area contributed by atoms with E-state index < -0.39 is 30.7 Å². The summed E-state index contributed by atoms with van der Waals surface area (Å²) in [5.74, 6) is -0.662. The van der Waals surface area contributed by atoms with E-state index in [1.54, 1.807) is 6.92 Å². The van der Waals surface area contributed by atoms with Gasteiger partial charge in [-0.2, -0.15) is 0 Å². The molecule has 10 heteroatoms. The molecule has 8 nitrogen and oxygen atoms in total. The lowest BCUT2D eigenvalue weighted by molar-refractivity contribution is -0.163. The van der Waals surface area contributed by atoms with Crippen LogP contribution in [0.2, 0.25) is 25.2 Å². The van der Waals surface area contributed by atoms with E-state index in [-0.39, 0.29) is 30.5 Å². The average molecular weight is 632 g/mol. The first-order valence-corrected chi connectivity index (χ1v) is 19.9. The number of aliphatic hydroxyl groups excluding tert-OH is 1. The highest BCUT2D eigenvalue weighted by Gasteiger charge is 2.47. The summed E-state index contributed by atoms with van der Waals surface area (Å²) in [6.45, 7) is 6.91. The summed E-state index contributed by atoms with van der Waals surface area (Å²) >= 11 is -2.12. The molecule has 3 aromatic rings. The zero-order valence-electron chi connectivity index (χ0n) is 25.5. The molecule has 0 saturated heterocycles. The van der Waals surface area contributed by atoms with Gasteiger partial charge >= 0.3 is 5.97 Å². The number of hydrogen-bond donors (Lipinski definition) is 2. The number of esters is 1. The maximum atomic E-state index is 12.5. The highest BCUT2D eigenvalue weighted by atomic mass is 32.2. The van der Waals surface area contributed by atoms with E-state index in [4.69, 9.17) is 9.72 Å². The number of imidazole rings is 1. The number of cyclic esters (lactones) is 1. The van der Waals surface area contributed by atoms with E-state index in [1.807, 2.05) is 41.0 Å². The van der Waals surface area contributed by atoms with Gasteiger partial charge in [0.15, 0.2) is 5.60 Å². The van der Waals surface area contributed by atoms with Crippen LogP contribution >= 0.6 is 0 Å². The lowest BCUT2D eigenvalue weighted by atomic mass is 9.80. The van der Waals surface area contributed by atoms with Crippen LogP contribution in [-0.4, -0.2) is 60.0 Å². The Morgan fingerprint density at radius 3 is 2.66 bits per heavy atom. The fourth-order valence-corrected chi connectivity index (χ4v) is 10.0. The summed E-state index contributed by atoms with van der Waals surface area (Å²) in [5, 5.41) is 22.8. The van der Waals surface area contributed by atoms with Gasteiger partial charge in [0.1, 0.15) is 23.2 Å². The number of hydrogen-bond acceptors (Lipinski definition) is 7. The number of aliphatic hydroxyl groups is 2. The van der Waals surface area contributed by atoms with Gasteiger partial charge < -0.3 is 24.1 Å². The third-order valence-electron chi connectivity index (χ3n) is 9.69. The van der Waals surface area contributed by atoms with Crippen molar-refractivity contribution in [2.24, 2.45) is 0 Å². The molecule has 2 unspecified atom stereocenters. The van der Waals surface area contributed by atoms with Crippen LogP contribution in [0.15, 0.2) is 59.7 Å². The van der Waals surface area contributed by atoms with Crippen molar-refractivity contribution in [2.45, 2.75) is 81.6 Å². The van der Waals surface area contributed by atoms with Crippen LogP contribution < -0.4 is 10.8 Å². The van der Waals surface area contributed by atoms with Gasteiger partial charge in [-0.05, 0) is 59.6 Å². The van der Waals surface area contributed by atoms with Crippen molar-refractivity contribution < 1.29 is 28.5 Å². The summed E-state index contributed by atoms with van der Waals surface area (Å²) in [6.07, 6.45) is 4.60. The Morgan fingerprint density at radius 2 is 1.93 bits per heavy atom. The molecule has 2 aromatic carbocycles. The Morgan fingerprint density at radius 1 is 1.16 bits per heavy atom. The number of rotatable bonds is 10. The molecular weight excluding hydrogens is 593 g/mol. The van der Waals surface area contributed by atoms with Gasteiger partial charge in [-0.25, -0.2) is 9.78 Å². The number of aryl methyl sites for hydroxylation is 1. The zero-order valence-corrected chi connectivity index (χ0v) is 27.3. The number of carbonyl (C=O) groups is 1. The molecule has 0 spiro atoms. The maximum Gasteiger partial charge on any atom is 0.342 e. The van der Waals surface area contributed by atoms with Crippen molar-refractivity contribution in [1.29, 1.82) is 0 Å². The molecule has 0 saturated carbocycles. The fourth-order valence-electron chi connectivity index (χ4n) is 6.84. The molecule has 3 heterocycles. The van der Waals surface area contributed by atoms with Crippen molar-refractivity contribution in [3.63, 3.8) is 0 Å². The van der Waals surface area contributed by atoms with Crippen molar-refractivity contribution in [3.8, 4) is 0 Å². The predicted molar refractivity (Wildman–Crippen MR) is 172 cm³/mol. The Balaban J connectivity index is 1.21. The van der Waals surface area contributed by atoms with Crippen LogP contribution in [0.3, 0.4) is 0 Å². The topological polar surface area (TPSA) is 125 Å². The Hall–Kier alpha value is -3.31. The first kappa shape index (κ1) is 30.7. The van der Waals surface area contributed by atoms with Gasteiger partial charge in [-0.1, -0.05) is 91.7 Å². The Kier molecular flexibility index (Phi) is 8.29. The van der Waals surface area contributed by atoms with Gasteiger partial charge in [0.2, 0.25) is 0 Å². The Bertz CT molecular complexity index is 1800. The largest absolute Gasteiger partial charge is 0.772 e. The minimum absolute atomic E-state index is 0.0167. The number of ether oxygens (including phenoxy) is 1. The normalized spacial score (nSPS) is 20.6. The van der Waals surface area contributed by atoms with Gasteiger partial charge in [0, 0.05) is 25.3 Å². The summed E-state index contributed by atoms with van der Waals surface area (Å²) in [5.41, 5.74) is 5.18. The molecule has 0 fully saturated rings. The van der Waals surface area contributed by atoms with Crippen LogP contribution in [0.25, 0.3) is 11.8 Å². The van der Waals surface area contributed by atoms with Crippen LogP contribution in [0.1, 0.15) is 47.7 Å². The molecule has 1 aromatic heterocycles. The molecule has 0 bridgehead atoms. The summed E-state index contributed by atoms with van der Waals surface area (Å²) in [6, 6.07) is 18.1. The average Bonchev–Trinajstić information content (AvgIpc) is 3.37. The van der Waals surface area contributed by atoms with Crippen molar-refractivity contribution in [1.82, 2.24) is 9.55 Å². The lowest BCUT2D eigenvalue weighted by Crippen LogP contribution is -2.49. The Labute approximate surface area is 261 Å². The highest BCUT2D eigenvalue weighted by molar-refractivity contribution is 7.79. The zero-order chi connectivity index (χ0) is 31.2. The molecule has 44 heavy (non-hydrogen) atoms. The van der Waals surface area contributed by atoms with E-state index in [0.717, 1.165) is 35.1 Å². The van der Waals surface area contributed by atoms with Gasteiger partial charge in [0.25, 0.3) is 0 Å². The molecule has 2 aliphatic heterocycles. The molecular formula is C34H39N2O6SSi-. The molecule has 6 rings (SSSR count). The summed E-state index contributed by atoms with van der Waals surface area (Å²) < 4.78 is 31.4. The van der Waals surface area contributed by atoms with E-state index in [1.165, 1.54) is 11.1 Å². The molecule has 232 valence electrons. The second kappa shape index (κ2) is 11.9. The SMILES string of the molecule is CC[C@@]1(O)C(=O)OCC2=C1Cc1nc3n(c1=C2O)Cc1c(cccc1CC[Si](C)(C)CCC(Cc1ccccc1)S(=O)[O-])C=3. The monoisotopic (exact) mass is 631 g/mol. The number of fused-ring (bicyclic) bond motifs is 4. The second-order valence-electron chi connectivity index (χ2n) is 13.0. The van der Waals surface area contributed by atoms with Crippen molar-refractivity contribution in [2.75, 3.05) is 6.61 Å². The molecule has 3 aliphatic rings. The quantitative estimate of drug-likeness (QED) is 0.156. The summed E-state index contributed by atoms with van der Waals surface area (Å²) in [4.78, 5) is 17.3. The standard InChI is InChI=1S/C34H40N2O6SSi/c1-4-34(39)28-19-29-31(32(37)27(28)21-42-33(34)38)36-20-26-23(11-8-12-24(26)18-30(36)35-29)13-15-44(2,3)16-14-25(43(40)41)17-22-9-6-5-7-10-22/h5-12,18,25,37,39H,4,13-17,19-21H2,1-3H3,(H,40,41)/p-1/t25?,34-/m0/s1. The lowest BCUT2D eigenvalue weighted by Gasteiger charge is -2.35. The van der Waals surface area contributed by atoms with Crippen LogP contribution in [0.4, 0.5) is 0 Å². The van der Waals surface area contributed by atoms with Crippen molar-refractivity contribution >= 4 is 37.0 Å².